The van der Waals surface area contributed by atoms with Gasteiger partial charge >= 0.3 is 0 Å². The van der Waals surface area contributed by atoms with Crippen LogP contribution in [0.4, 0.5) is 0 Å². The molecule has 0 fully saturated rings. The van der Waals surface area contributed by atoms with E-state index in [1.54, 1.807) is 0 Å². The molecule has 0 amide bonds. The fraction of sp³-hybridized carbons (Fsp3) is 0.217. The molecule has 0 spiro atoms. The zero-order valence-electron chi connectivity index (χ0n) is 15.5. The Morgan fingerprint density at radius 2 is 0.840 bits per heavy atom. The van der Waals surface area contributed by atoms with E-state index in [1.165, 1.54) is 32.6 Å². The summed E-state index contributed by atoms with van der Waals surface area (Å²) in [6.45, 7) is 9.14. The van der Waals surface area contributed by atoms with Gasteiger partial charge < -0.3 is 17.0 Å². The van der Waals surface area contributed by atoms with E-state index in [4.69, 9.17) is 0 Å². The van der Waals surface area contributed by atoms with Gasteiger partial charge in [-0.1, -0.05) is 54.6 Å². The quantitative estimate of drug-likeness (QED) is 0.574. The number of aryl methyl sites for hydroxylation is 3. The van der Waals surface area contributed by atoms with Crippen molar-refractivity contribution in [3.63, 3.8) is 0 Å². The SMILES string of the molecule is CC[P+](c1ccccc1C)(c1ccccc1C)c1ccccc1C.[Br-]. The number of hydrogen-bond donors (Lipinski definition) is 0. The van der Waals surface area contributed by atoms with E-state index >= 15 is 0 Å². The van der Waals surface area contributed by atoms with Gasteiger partial charge in [-0.05, 0) is 62.6 Å². The van der Waals surface area contributed by atoms with Crippen molar-refractivity contribution < 1.29 is 17.0 Å². The summed E-state index contributed by atoms with van der Waals surface area (Å²) in [7, 11) is -1.65. The van der Waals surface area contributed by atoms with Gasteiger partial charge in [-0.2, -0.15) is 0 Å². The van der Waals surface area contributed by atoms with Gasteiger partial charge in [0.2, 0.25) is 0 Å². The molecule has 0 aliphatic carbocycles. The maximum absolute atomic E-state index is 2.36. The molecule has 0 atom stereocenters. The normalized spacial score (nSPS) is 11.0. The zero-order valence-corrected chi connectivity index (χ0v) is 17.9. The smallest absolute Gasteiger partial charge is 0.112 e. The van der Waals surface area contributed by atoms with Gasteiger partial charge in [0.15, 0.2) is 0 Å². The lowest BCUT2D eigenvalue weighted by Crippen LogP contribution is -3.00. The minimum Gasteiger partial charge on any atom is -1.00 e. The third-order valence-corrected chi connectivity index (χ3v) is 9.98. The van der Waals surface area contributed by atoms with Gasteiger partial charge in [-0.3, -0.25) is 0 Å². The van der Waals surface area contributed by atoms with E-state index in [0.717, 1.165) is 6.16 Å². The van der Waals surface area contributed by atoms with E-state index in [0.29, 0.717) is 0 Å². The van der Waals surface area contributed by atoms with Crippen LogP contribution < -0.4 is 32.9 Å². The van der Waals surface area contributed by atoms with Crippen molar-refractivity contribution in [3.05, 3.63) is 89.5 Å². The Balaban J connectivity index is 0.00000225. The summed E-state index contributed by atoms with van der Waals surface area (Å²) in [6.07, 6.45) is 1.15. The van der Waals surface area contributed by atoms with Crippen LogP contribution in [0.5, 0.6) is 0 Å². The molecule has 0 heterocycles. The van der Waals surface area contributed by atoms with Crippen LogP contribution >= 0.6 is 7.26 Å². The molecule has 0 unspecified atom stereocenters. The van der Waals surface area contributed by atoms with Gasteiger partial charge in [0.05, 0.1) is 6.16 Å². The summed E-state index contributed by atoms with van der Waals surface area (Å²) < 4.78 is 0. The molecule has 3 aromatic carbocycles. The number of halogens is 1. The molecule has 0 saturated heterocycles. The maximum atomic E-state index is 2.36. The van der Waals surface area contributed by atoms with E-state index < -0.39 is 7.26 Å². The third kappa shape index (κ3) is 3.46. The largest absolute Gasteiger partial charge is 1.00 e. The van der Waals surface area contributed by atoms with E-state index in [1.807, 2.05) is 0 Å². The molecule has 0 radical (unpaired) electrons. The average molecular weight is 413 g/mol. The topological polar surface area (TPSA) is 0 Å². The Hall–Kier alpha value is -1.43. The van der Waals surface area contributed by atoms with E-state index in [-0.39, 0.29) is 17.0 Å². The molecule has 130 valence electrons. The summed E-state index contributed by atoms with van der Waals surface area (Å²) in [5.74, 6) is 0. The first kappa shape index (κ1) is 19.9. The predicted molar refractivity (Wildman–Crippen MR) is 110 cm³/mol. The molecule has 0 aliphatic rings. The van der Waals surface area contributed by atoms with Gasteiger partial charge in [0, 0.05) is 0 Å². The maximum Gasteiger partial charge on any atom is 0.112 e. The van der Waals surface area contributed by atoms with Gasteiger partial charge in [0.1, 0.15) is 23.2 Å². The lowest BCUT2D eigenvalue weighted by Gasteiger charge is -2.30. The molecular weight excluding hydrogens is 387 g/mol. The van der Waals surface area contributed by atoms with Crippen LogP contribution in [0.15, 0.2) is 72.8 Å². The first-order valence-corrected chi connectivity index (χ1v) is 10.7. The van der Waals surface area contributed by atoms with Crippen molar-refractivity contribution in [1.29, 1.82) is 0 Å². The van der Waals surface area contributed by atoms with Gasteiger partial charge in [0.25, 0.3) is 0 Å². The highest BCUT2D eigenvalue weighted by Gasteiger charge is 2.46. The van der Waals surface area contributed by atoms with Crippen molar-refractivity contribution in [2.24, 2.45) is 0 Å². The predicted octanol–water partition coefficient (Wildman–Crippen LogP) is 1.93. The number of benzene rings is 3. The fourth-order valence-electron chi connectivity index (χ4n) is 3.88. The van der Waals surface area contributed by atoms with Crippen LogP contribution in [0.2, 0.25) is 0 Å². The van der Waals surface area contributed by atoms with Crippen LogP contribution in [0, 0.1) is 20.8 Å². The Bertz CT molecular complexity index is 743. The monoisotopic (exact) mass is 412 g/mol. The van der Waals surface area contributed by atoms with Crippen molar-refractivity contribution in [2.45, 2.75) is 27.7 Å². The van der Waals surface area contributed by atoms with Gasteiger partial charge in [-0.15, -0.1) is 0 Å². The standard InChI is InChI=1S/C23H26P.BrH/c1-5-24(21-15-9-6-12-18(21)2,22-16-10-7-13-19(22)3)23-17-11-8-14-20(23)4;/h6-17H,5H2,1-4H3;1H/q+1;/p-1. The van der Waals surface area contributed by atoms with Gasteiger partial charge in [-0.25, -0.2) is 0 Å². The fourth-order valence-corrected chi connectivity index (χ4v) is 8.73. The Morgan fingerprint density at radius 3 is 1.08 bits per heavy atom. The molecule has 0 N–H and O–H groups in total. The zero-order chi connectivity index (χ0) is 17.2. The molecule has 0 aliphatic heterocycles. The van der Waals surface area contributed by atoms with E-state index in [9.17, 15) is 0 Å². The van der Waals surface area contributed by atoms with Crippen LogP contribution in [0.1, 0.15) is 23.6 Å². The minimum atomic E-state index is -1.65. The second-order valence-corrected chi connectivity index (χ2v) is 10.2. The highest BCUT2D eigenvalue weighted by molar-refractivity contribution is 7.95. The lowest BCUT2D eigenvalue weighted by molar-refractivity contribution is -0.00000496. The highest BCUT2D eigenvalue weighted by Crippen LogP contribution is 2.56. The molecule has 25 heavy (non-hydrogen) atoms. The molecule has 3 rings (SSSR count). The first-order valence-electron chi connectivity index (χ1n) is 8.68. The molecule has 3 aromatic rings. The van der Waals surface area contributed by atoms with Crippen LogP contribution in [0.25, 0.3) is 0 Å². The van der Waals surface area contributed by atoms with Crippen molar-refractivity contribution in [1.82, 2.24) is 0 Å². The number of rotatable bonds is 4. The summed E-state index contributed by atoms with van der Waals surface area (Å²) in [4.78, 5) is 0. The molecule has 0 aromatic heterocycles. The highest BCUT2D eigenvalue weighted by atomic mass is 79.9. The minimum absolute atomic E-state index is 0. The summed E-state index contributed by atoms with van der Waals surface area (Å²) >= 11 is 0. The van der Waals surface area contributed by atoms with Crippen LogP contribution in [-0.4, -0.2) is 6.16 Å². The molecule has 0 bridgehead atoms. The Morgan fingerprint density at radius 1 is 0.560 bits per heavy atom. The lowest BCUT2D eigenvalue weighted by atomic mass is 10.2. The Kier molecular flexibility index (Phi) is 6.60. The second-order valence-electron chi connectivity index (χ2n) is 6.49. The summed E-state index contributed by atoms with van der Waals surface area (Å²) in [5.41, 5.74) is 4.21. The number of hydrogen-bond acceptors (Lipinski definition) is 0. The second kappa shape index (κ2) is 8.30. The van der Waals surface area contributed by atoms with Crippen molar-refractivity contribution in [2.75, 3.05) is 6.16 Å². The molecular formula is C23H26BrP. The average Bonchev–Trinajstić information content (AvgIpc) is 2.60. The van der Waals surface area contributed by atoms with E-state index in [2.05, 4.69) is 100 Å². The van der Waals surface area contributed by atoms with Crippen LogP contribution in [-0.2, 0) is 0 Å². The van der Waals surface area contributed by atoms with Crippen molar-refractivity contribution >= 4 is 23.2 Å². The summed E-state index contributed by atoms with van der Waals surface area (Å²) in [6, 6.07) is 26.9. The first-order chi connectivity index (χ1) is 11.6. The molecule has 2 heteroatoms. The van der Waals surface area contributed by atoms with Crippen LogP contribution in [0.3, 0.4) is 0 Å². The molecule has 0 saturated carbocycles. The van der Waals surface area contributed by atoms with Crippen molar-refractivity contribution in [3.8, 4) is 0 Å². The molecule has 0 nitrogen and oxygen atoms in total. The Labute approximate surface area is 163 Å². The third-order valence-electron chi connectivity index (χ3n) is 5.05. The summed E-state index contributed by atoms with van der Waals surface area (Å²) in [5, 5.41) is 4.57.